The molecule has 210 valence electrons. The van der Waals surface area contributed by atoms with E-state index in [0.717, 1.165) is 29.8 Å². The molecule has 39 heavy (non-hydrogen) atoms. The summed E-state index contributed by atoms with van der Waals surface area (Å²) in [6.07, 6.45) is 10.4. The van der Waals surface area contributed by atoms with Crippen LogP contribution >= 0.6 is 0 Å². The molecular weight excluding hydrogens is 502 g/mol. The van der Waals surface area contributed by atoms with E-state index >= 15 is 0 Å². The summed E-state index contributed by atoms with van der Waals surface area (Å²) in [6.45, 7) is 0.758. The van der Waals surface area contributed by atoms with Crippen molar-refractivity contribution in [1.82, 2.24) is 15.1 Å². The number of esters is 1. The summed E-state index contributed by atoms with van der Waals surface area (Å²) >= 11 is 0. The van der Waals surface area contributed by atoms with Crippen LogP contribution in [0.4, 0.5) is 0 Å². The second kappa shape index (κ2) is 14.0. The summed E-state index contributed by atoms with van der Waals surface area (Å²) in [4.78, 5) is 25.5. The number of ether oxygens (including phenoxy) is 5. The normalized spacial score (nSPS) is 20.9. The molecule has 2 heterocycles. The Balaban J connectivity index is 1.39. The molecule has 1 amide bonds. The Morgan fingerprint density at radius 2 is 1.82 bits per heavy atom. The van der Waals surface area contributed by atoms with Crippen LogP contribution in [0.3, 0.4) is 0 Å². The van der Waals surface area contributed by atoms with Gasteiger partial charge < -0.3 is 29.0 Å². The molecule has 1 aliphatic carbocycles. The molecule has 0 unspecified atom stereocenters. The highest BCUT2D eigenvalue weighted by atomic mass is 16.7. The van der Waals surface area contributed by atoms with E-state index in [1.165, 1.54) is 0 Å². The number of hydrogen-bond donors (Lipinski definition) is 1. The predicted octanol–water partition coefficient (Wildman–Crippen LogP) is 3.74. The van der Waals surface area contributed by atoms with Crippen molar-refractivity contribution in [2.45, 2.75) is 44.6 Å². The summed E-state index contributed by atoms with van der Waals surface area (Å²) in [7, 11) is 4.79. The second-order valence-corrected chi connectivity index (χ2v) is 9.53. The number of carbonyl (C=O) groups excluding carboxylic acids is 2. The maximum absolute atomic E-state index is 13.2. The fourth-order valence-corrected chi connectivity index (χ4v) is 4.84. The number of fused-ring (bicyclic) bond motifs is 1. The molecule has 1 saturated carbocycles. The first-order valence-corrected chi connectivity index (χ1v) is 13.3. The van der Waals surface area contributed by atoms with Crippen molar-refractivity contribution in [3.05, 3.63) is 59.4 Å². The number of amides is 1. The van der Waals surface area contributed by atoms with Gasteiger partial charge in [0.05, 0.1) is 39.0 Å². The number of carbonyl (C=O) groups is 2. The van der Waals surface area contributed by atoms with Crippen LogP contribution in [-0.4, -0.2) is 69.0 Å². The van der Waals surface area contributed by atoms with E-state index in [4.69, 9.17) is 28.8 Å². The van der Waals surface area contributed by atoms with Gasteiger partial charge in [0.2, 0.25) is 0 Å². The van der Waals surface area contributed by atoms with Crippen LogP contribution < -0.4 is 14.8 Å². The van der Waals surface area contributed by atoms with Crippen molar-refractivity contribution >= 4 is 17.6 Å². The van der Waals surface area contributed by atoms with Crippen molar-refractivity contribution in [2.75, 3.05) is 41.3 Å². The zero-order valence-electron chi connectivity index (χ0n) is 22.8. The van der Waals surface area contributed by atoms with Crippen LogP contribution in [0.1, 0.15) is 53.8 Å². The lowest BCUT2D eigenvalue weighted by Gasteiger charge is -2.27. The minimum atomic E-state index is -0.255. The summed E-state index contributed by atoms with van der Waals surface area (Å²) in [5.74, 6) is 0.605. The lowest BCUT2D eigenvalue weighted by molar-refractivity contribution is -0.163. The second-order valence-electron chi connectivity index (χ2n) is 9.53. The number of hydrogen-bond acceptors (Lipinski definition) is 8. The SMILES string of the molecule is COCCOCOC(=O)[C@H]1CC[C@H](NC(=O)c2cc3n(n2)/C(c2ccc(OC)c(OC)c2)=C\C=C/CC3)CC1. The molecule has 0 radical (unpaired) electrons. The van der Waals surface area contributed by atoms with Crippen LogP contribution in [0.2, 0.25) is 0 Å². The molecule has 1 aliphatic heterocycles. The molecular formula is C29H37N3O7. The Morgan fingerprint density at radius 3 is 2.56 bits per heavy atom. The number of aromatic nitrogens is 2. The highest BCUT2D eigenvalue weighted by molar-refractivity contribution is 5.93. The van der Waals surface area contributed by atoms with E-state index < -0.39 is 0 Å². The van der Waals surface area contributed by atoms with E-state index in [0.29, 0.717) is 56.1 Å². The average Bonchev–Trinajstić information content (AvgIpc) is 3.36. The lowest BCUT2D eigenvalue weighted by atomic mass is 9.86. The van der Waals surface area contributed by atoms with E-state index in [-0.39, 0.29) is 30.6 Å². The molecule has 0 atom stereocenters. The Bertz CT molecular complexity index is 1200. The number of aryl methyl sites for hydroxylation is 1. The first kappa shape index (κ1) is 28.4. The van der Waals surface area contributed by atoms with E-state index in [1.807, 2.05) is 41.1 Å². The topological polar surface area (TPSA) is 110 Å². The number of methoxy groups -OCH3 is 3. The highest BCUT2D eigenvalue weighted by Crippen LogP contribution is 2.32. The Hall–Kier alpha value is -3.63. The highest BCUT2D eigenvalue weighted by Gasteiger charge is 2.29. The first-order chi connectivity index (χ1) is 19.0. The summed E-state index contributed by atoms with van der Waals surface area (Å²) in [5, 5.41) is 7.82. The molecule has 10 heteroatoms. The van der Waals surface area contributed by atoms with Crippen LogP contribution in [0.25, 0.3) is 5.70 Å². The van der Waals surface area contributed by atoms with Gasteiger partial charge in [-0.05, 0) is 68.9 Å². The molecule has 2 aromatic rings. The maximum Gasteiger partial charge on any atom is 0.311 e. The first-order valence-electron chi connectivity index (χ1n) is 13.3. The molecule has 0 bridgehead atoms. The molecule has 1 N–H and O–H groups in total. The molecule has 10 nitrogen and oxygen atoms in total. The molecule has 1 aromatic heterocycles. The Morgan fingerprint density at radius 1 is 1.03 bits per heavy atom. The zero-order valence-corrected chi connectivity index (χ0v) is 22.8. The van der Waals surface area contributed by atoms with Gasteiger partial charge in [0.1, 0.15) is 0 Å². The average molecular weight is 540 g/mol. The minimum absolute atomic E-state index is 0.0219. The fourth-order valence-electron chi connectivity index (χ4n) is 4.84. The summed E-state index contributed by atoms with van der Waals surface area (Å²) in [6, 6.07) is 7.54. The van der Waals surface area contributed by atoms with Gasteiger partial charge in [0, 0.05) is 24.4 Å². The van der Waals surface area contributed by atoms with Gasteiger partial charge in [0.25, 0.3) is 5.91 Å². The smallest absolute Gasteiger partial charge is 0.311 e. The lowest BCUT2D eigenvalue weighted by Crippen LogP contribution is -2.39. The third-order valence-corrected chi connectivity index (χ3v) is 6.99. The number of benzene rings is 1. The summed E-state index contributed by atoms with van der Waals surface area (Å²) < 4.78 is 28.0. The molecule has 0 spiro atoms. The van der Waals surface area contributed by atoms with Gasteiger partial charge in [-0.15, -0.1) is 0 Å². The van der Waals surface area contributed by atoms with Crippen LogP contribution in [0, 0.1) is 5.92 Å². The number of rotatable bonds is 11. The van der Waals surface area contributed by atoms with Crippen molar-refractivity contribution in [3.63, 3.8) is 0 Å². The van der Waals surface area contributed by atoms with Gasteiger partial charge in [-0.2, -0.15) is 5.10 Å². The molecule has 0 saturated heterocycles. The fraction of sp³-hybridized carbons (Fsp3) is 0.483. The minimum Gasteiger partial charge on any atom is -0.493 e. The van der Waals surface area contributed by atoms with Gasteiger partial charge in [-0.3, -0.25) is 9.59 Å². The maximum atomic E-state index is 13.2. The van der Waals surface area contributed by atoms with Crippen molar-refractivity contribution < 1.29 is 33.3 Å². The van der Waals surface area contributed by atoms with Crippen LogP contribution in [0.5, 0.6) is 11.5 Å². The predicted molar refractivity (Wildman–Crippen MR) is 145 cm³/mol. The van der Waals surface area contributed by atoms with Gasteiger partial charge >= 0.3 is 5.97 Å². The monoisotopic (exact) mass is 539 g/mol. The number of nitrogens with zero attached hydrogens (tertiary/aromatic N) is 2. The Kier molecular flexibility index (Phi) is 10.2. The van der Waals surface area contributed by atoms with E-state index in [1.54, 1.807) is 21.3 Å². The van der Waals surface area contributed by atoms with Gasteiger partial charge in [0.15, 0.2) is 24.0 Å². The largest absolute Gasteiger partial charge is 0.493 e. The quantitative estimate of drug-likeness (QED) is 0.261. The van der Waals surface area contributed by atoms with Crippen molar-refractivity contribution in [2.24, 2.45) is 5.92 Å². The Labute approximate surface area is 228 Å². The van der Waals surface area contributed by atoms with Crippen molar-refractivity contribution in [3.8, 4) is 11.5 Å². The standard InChI is InChI=1S/C29H37N3O7/c1-35-15-16-38-19-39-29(34)20-9-12-22(13-10-20)30-28(33)24-18-23-7-5-4-6-8-25(32(23)31-24)21-11-14-26(36-2)27(17-21)37-3/h4,6,8,11,14,17-18,20,22H,5,7,9-10,12-13,15-16,19H2,1-3H3,(H,30,33)/b6-4-,25-8-/t20-,22-. The molecule has 4 rings (SSSR count). The van der Waals surface area contributed by atoms with Gasteiger partial charge in [-0.25, -0.2) is 4.68 Å². The van der Waals surface area contributed by atoms with E-state index in [9.17, 15) is 9.59 Å². The molecule has 1 aromatic carbocycles. The van der Waals surface area contributed by atoms with Crippen LogP contribution in [0.15, 0.2) is 42.5 Å². The van der Waals surface area contributed by atoms with Crippen LogP contribution in [-0.2, 0) is 25.4 Å². The summed E-state index contributed by atoms with van der Waals surface area (Å²) in [5.41, 5.74) is 3.05. The zero-order chi connectivity index (χ0) is 27.6. The van der Waals surface area contributed by atoms with Crippen molar-refractivity contribution in [1.29, 1.82) is 0 Å². The third kappa shape index (κ3) is 7.27. The number of nitrogens with one attached hydrogen (secondary N) is 1. The number of allylic oxidation sites excluding steroid dienone is 3. The molecule has 2 aliphatic rings. The van der Waals surface area contributed by atoms with E-state index in [2.05, 4.69) is 11.4 Å². The van der Waals surface area contributed by atoms with Gasteiger partial charge in [-0.1, -0.05) is 12.2 Å². The molecule has 1 fully saturated rings. The third-order valence-electron chi connectivity index (χ3n) is 6.99.